The molecule has 0 aromatic rings. The molecule has 0 spiro atoms. The third-order valence-electron chi connectivity index (χ3n) is 0.292. The summed E-state index contributed by atoms with van der Waals surface area (Å²) in [5.74, 6) is 0. The van der Waals surface area contributed by atoms with Crippen molar-refractivity contribution < 1.29 is 68.9 Å². The predicted molar refractivity (Wildman–Crippen MR) is 21.2 cm³/mol. The molecule has 0 fully saturated rings. The maximum absolute atomic E-state index is 10.7. The molecule has 0 aromatic carbocycles. The molecule has 0 heterocycles. The van der Waals surface area contributed by atoms with Gasteiger partial charge >= 0.3 is 15.6 Å². The average molecular weight is 335 g/mol. The Bertz CT molecular complexity index is 169. The predicted octanol–water partition coefficient (Wildman–Crippen LogP) is -0.431. The molecule has 0 aliphatic carbocycles. The molecular weight excluding hydrogens is 332 g/mol. The first-order valence-corrected chi connectivity index (χ1v) is 2.73. The number of hydrogen-bond donors (Lipinski definition) is 1. The van der Waals surface area contributed by atoms with Crippen LogP contribution in [0.5, 0.6) is 0 Å². The van der Waals surface area contributed by atoms with E-state index < -0.39 is 15.6 Å². The van der Waals surface area contributed by atoms with Crippen molar-refractivity contribution in [1.29, 1.82) is 0 Å². The van der Waals surface area contributed by atoms with Crippen LogP contribution in [0.4, 0.5) is 13.2 Å². The van der Waals surface area contributed by atoms with Gasteiger partial charge < -0.3 is 5.48 Å². The molecule has 0 unspecified atom stereocenters. The topological polar surface area (TPSA) is 85.9 Å². The number of halogens is 3. The first-order valence-electron chi connectivity index (χ1n) is 1.29. The van der Waals surface area contributed by atoms with Gasteiger partial charge in [0.25, 0.3) is 0 Å². The van der Waals surface area contributed by atoms with E-state index in [-0.39, 0.29) is 42.8 Å². The van der Waals surface area contributed by atoms with E-state index in [0.29, 0.717) is 0 Å². The Hall–Kier alpha value is 0.907. The van der Waals surface area contributed by atoms with Crippen molar-refractivity contribution in [2.45, 2.75) is 5.51 Å². The molecule has 0 rings (SSSR count). The van der Waals surface area contributed by atoms with Gasteiger partial charge in [0.05, 0.1) is 0 Å². The molecule has 0 saturated heterocycles. The Morgan fingerprint density at radius 2 is 1.30 bits per heavy atom. The van der Waals surface area contributed by atoms with Gasteiger partial charge in [0, 0.05) is 37.3 Å². The molecule has 70 valence electrons. The normalized spacial score (nSPS) is 11.2. The van der Waals surface area contributed by atoms with Crippen LogP contribution in [0, 0.1) is 37.3 Å². The largest absolute Gasteiger partial charge is 0.522 e. The number of hydrogen-bond acceptors (Lipinski definition) is 2. The zero-order chi connectivity index (χ0) is 7.00. The van der Waals surface area contributed by atoms with Crippen LogP contribution in [0.2, 0.25) is 0 Å². The molecule has 3 N–H and O–H groups in total. The third-order valence-corrected chi connectivity index (χ3v) is 0.877. The quantitative estimate of drug-likeness (QED) is 0.481. The summed E-state index contributed by atoms with van der Waals surface area (Å²) in [6.07, 6.45) is 0. The van der Waals surface area contributed by atoms with Gasteiger partial charge in [-0.25, -0.2) is 0 Å². The van der Waals surface area contributed by atoms with E-state index in [1.807, 2.05) is 0 Å². The minimum atomic E-state index is -5.84. The Morgan fingerprint density at radius 1 is 1.20 bits per heavy atom. The standard InChI is InChI=1S/CHF3O3S.Er.H2O/c2-1(3,4)8(5,6)7;;/h(H,5,6,7);;1H2. The zero-order valence-electron chi connectivity index (χ0n) is 4.09. The van der Waals surface area contributed by atoms with Crippen molar-refractivity contribution in [2.75, 3.05) is 0 Å². The Balaban J connectivity index is -0.000000245. The van der Waals surface area contributed by atoms with Crippen LogP contribution in [-0.2, 0) is 10.1 Å². The second-order valence-corrected chi connectivity index (χ2v) is 2.33. The van der Waals surface area contributed by atoms with Crippen molar-refractivity contribution >= 4 is 10.1 Å². The molecule has 0 bridgehead atoms. The fraction of sp³-hybridized carbons (Fsp3) is 1.00. The monoisotopic (exact) mass is 334 g/mol. The number of alkyl halides is 3. The van der Waals surface area contributed by atoms with Crippen molar-refractivity contribution in [3.05, 3.63) is 0 Å². The summed E-state index contributed by atoms with van der Waals surface area (Å²) in [6.45, 7) is 0. The Morgan fingerprint density at radius 3 is 1.30 bits per heavy atom. The maximum Gasteiger partial charge on any atom is 0.522 e. The molecular formula is CH3ErF3O4S. The van der Waals surface area contributed by atoms with Gasteiger partial charge in [-0.15, -0.1) is 0 Å². The number of rotatable bonds is 0. The SMILES string of the molecule is O.O=S(=O)(O)C(F)(F)F.[Er]. The summed E-state index contributed by atoms with van der Waals surface area (Å²) in [5, 5.41) is 0. The second-order valence-electron chi connectivity index (χ2n) is 0.921. The van der Waals surface area contributed by atoms with Crippen LogP contribution >= 0.6 is 0 Å². The summed E-state index contributed by atoms with van der Waals surface area (Å²) in [5.41, 5.74) is -5.53. The van der Waals surface area contributed by atoms with Crippen LogP contribution in [0.15, 0.2) is 0 Å². The molecule has 0 aliphatic rings. The summed E-state index contributed by atoms with van der Waals surface area (Å²) < 4.78 is 57.5. The van der Waals surface area contributed by atoms with Gasteiger partial charge in [-0.2, -0.15) is 21.6 Å². The van der Waals surface area contributed by atoms with Crippen LogP contribution in [0.25, 0.3) is 0 Å². The van der Waals surface area contributed by atoms with Crippen LogP contribution in [0.1, 0.15) is 0 Å². The van der Waals surface area contributed by atoms with E-state index in [2.05, 4.69) is 0 Å². The Labute approximate surface area is 84.1 Å². The molecule has 0 aromatic heterocycles. The first kappa shape index (κ1) is 17.1. The van der Waals surface area contributed by atoms with E-state index in [9.17, 15) is 13.2 Å². The van der Waals surface area contributed by atoms with E-state index in [1.165, 1.54) is 0 Å². The minimum absolute atomic E-state index is 0. The summed E-state index contributed by atoms with van der Waals surface area (Å²) >= 11 is 0. The van der Waals surface area contributed by atoms with Gasteiger partial charge in [-0.05, 0) is 0 Å². The third kappa shape index (κ3) is 5.67. The van der Waals surface area contributed by atoms with Crippen LogP contribution in [-0.4, -0.2) is 24.0 Å². The van der Waals surface area contributed by atoms with Gasteiger partial charge in [0.2, 0.25) is 0 Å². The molecule has 9 heteroatoms. The molecule has 4 nitrogen and oxygen atoms in total. The molecule has 0 atom stereocenters. The zero-order valence-corrected chi connectivity index (χ0v) is 6.76. The molecule has 0 amide bonds. The van der Waals surface area contributed by atoms with Crippen molar-refractivity contribution in [2.24, 2.45) is 0 Å². The maximum atomic E-state index is 10.7. The molecule has 0 saturated carbocycles. The van der Waals surface area contributed by atoms with Gasteiger partial charge in [-0.1, -0.05) is 0 Å². The smallest absolute Gasteiger partial charge is 0.412 e. The van der Waals surface area contributed by atoms with Gasteiger partial charge in [0.15, 0.2) is 0 Å². The minimum Gasteiger partial charge on any atom is -0.412 e. The van der Waals surface area contributed by atoms with Gasteiger partial charge in [-0.3, -0.25) is 4.55 Å². The van der Waals surface area contributed by atoms with Crippen molar-refractivity contribution in [3.8, 4) is 0 Å². The Kier molecular flexibility index (Phi) is 8.08. The van der Waals surface area contributed by atoms with E-state index in [0.717, 1.165) is 0 Å². The average Bonchev–Trinajstić information content (AvgIpc) is 1.25. The van der Waals surface area contributed by atoms with Gasteiger partial charge in [0.1, 0.15) is 0 Å². The summed E-state index contributed by atoms with van der Waals surface area (Å²) in [7, 11) is -5.84. The molecule has 10 heavy (non-hydrogen) atoms. The fourth-order valence-electron chi connectivity index (χ4n) is 0. The fourth-order valence-corrected chi connectivity index (χ4v) is 0. The van der Waals surface area contributed by atoms with Crippen LogP contribution in [0.3, 0.4) is 0 Å². The molecule has 0 aliphatic heterocycles. The summed E-state index contributed by atoms with van der Waals surface area (Å²) in [6, 6.07) is 0. The van der Waals surface area contributed by atoms with E-state index >= 15 is 0 Å². The summed E-state index contributed by atoms with van der Waals surface area (Å²) in [4.78, 5) is 0. The molecule has 0 radical (unpaired) electrons. The van der Waals surface area contributed by atoms with Crippen molar-refractivity contribution in [3.63, 3.8) is 0 Å². The van der Waals surface area contributed by atoms with Crippen molar-refractivity contribution in [1.82, 2.24) is 0 Å². The first-order chi connectivity index (χ1) is 3.25. The van der Waals surface area contributed by atoms with Crippen LogP contribution < -0.4 is 0 Å². The second kappa shape index (κ2) is 4.72. The van der Waals surface area contributed by atoms with E-state index in [1.54, 1.807) is 0 Å². The van der Waals surface area contributed by atoms with E-state index in [4.69, 9.17) is 13.0 Å².